The van der Waals surface area contributed by atoms with Gasteiger partial charge in [-0.3, -0.25) is 0 Å². The topological polar surface area (TPSA) is 136 Å². The highest BCUT2D eigenvalue weighted by Crippen LogP contribution is 2.25. The molecule has 0 unspecified atom stereocenters. The van der Waals surface area contributed by atoms with Crippen LogP contribution in [-0.2, 0) is 19.9 Å². The maximum absolute atomic E-state index is 12.7. The van der Waals surface area contributed by atoms with E-state index in [2.05, 4.69) is 0 Å². The van der Waals surface area contributed by atoms with E-state index in [4.69, 9.17) is 10.4 Å². The van der Waals surface area contributed by atoms with Gasteiger partial charge < -0.3 is 10.2 Å². The van der Waals surface area contributed by atoms with Crippen LogP contribution in [0.5, 0.6) is 0 Å². The van der Waals surface area contributed by atoms with Gasteiger partial charge in [-0.25, -0.2) is 16.8 Å². The molecule has 2 atom stereocenters. The van der Waals surface area contributed by atoms with E-state index in [0.717, 1.165) is 10.4 Å². The summed E-state index contributed by atoms with van der Waals surface area (Å²) >= 11 is 0. The highest BCUT2D eigenvalue weighted by atomic mass is 32.2. The average molecular weight is 360 g/mol. The smallest absolute Gasteiger partial charge is 0.243 e. The fraction of sp³-hybridized carbons (Fsp3) is 0.462. The Bertz CT molecular complexity index is 828. The third-order valence-corrected chi connectivity index (χ3v) is 7.17. The van der Waals surface area contributed by atoms with Crippen molar-refractivity contribution in [2.75, 3.05) is 24.7 Å². The van der Waals surface area contributed by atoms with Crippen LogP contribution >= 0.6 is 0 Å². The lowest BCUT2D eigenvalue weighted by molar-refractivity contribution is 0.117. The number of sulfonamides is 1. The molecule has 1 saturated heterocycles. The molecule has 0 spiro atoms. The minimum absolute atomic E-state index is 0.134. The molecule has 1 fully saturated rings. The Balaban J connectivity index is 2.46. The Labute approximate surface area is 134 Å². The van der Waals surface area contributed by atoms with E-state index in [1.54, 1.807) is 0 Å². The second-order valence-electron chi connectivity index (χ2n) is 5.19. The molecular formula is C13H16N2O6S2. The number of sulfone groups is 1. The highest BCUT2D eigenvalue weighted by molar-refractivity contribution is 7.92. The van der Waals surface area contributed by atoms with E-state index in [-0.39, 0.29) is 17.0 Å². The van der Waals surface area contributed by atoms with Gasteiger partial charge >= 0.3 is 0 Å². The summed E-state index contributed by atoms with van der Waals surface area (Å²) in [6.07, 6.45) is -1.36. The number of hydrogen-bond donors (Lipinski definition) is 2. The molecule has 2 rings (SSSR count). The lowest BCUT2D eigenvalue weighted by Crippen LogP contribution is -2.47. The normalized spacial score (nSPS) is 23.7. The van der Waals surface area contributed by atoms with Gasteiger partial charge in [0, 0.05) is 6.54 Å². The van der Waals surface area contributed by atoms with Crippen molar-refractivity contribution in [1.82, 2.24) is 4.31 Å². The van der Waals surface area contributed by atoms with Crippen LogP contribution in [0.3, 0.4) is 0 Å². The van der Waals surface area contributed by atoms with E-state index < -0.39 is 50.1 Å². The minimum Gasteiger partial charge on any atom is -0.395 e. The van der Waals surface area contributed by atoms with Crippen molar-refractivity contribution < 1.29 is 27.0 Å². The van der Waals surface area contributed by atoms with Gasteiger partial charge in [-0.2, -0.15) is 9.57 Å². The van der Waals surface area contributed by atoms with Crippen molar-refractivity contribution in [2.24, 2.45) is 0 Å². The molecule has 0 saturated carbocycles. The zero-order valence-corrected chi connectivity index (χ0v) is 13.7. The fourth-order valence-corrected chi connectivity index (χ4v) is 6.10. The van der Waals surface area contributed by atoms with Gasteiger partial charge in [0.05, 0.1) is 46.8 Å². The van der Waals surface area contributed by atoms with Crippen LogP contribution in [0.2, 0.25) is 0 Å². The molecule has 126 valence electrons. The Morgan fingerprint density at radius 2 is 2.04 bits per heavy atom. The first-order valence-electron chi connectivity index (χ1n) is 6.72. The summed E-state index contributed by atoms with van der Waals surface area (Å²) in [4.78, 5) is -0.193. The van der Waals surface area contributed by atoms with Gasteiger partial charge in [-0.05, 0) is 18.2 Å². The van der Waals surface area contributed by atoms with Crippen molar-refractivity contribution in [1.29, 1.82) is 5.26 Å². The third-order valence-electron chi connectivity index (χ3n) is 3.55. The van der Waals surface area contributed by atoms with Gasteiger partial charge in [0.1, 0.15) is 0 Å². The first-order valence-corrected chi connectivity index (χ1v) is 9.99. The molecule has 0 aliphatic carbocycles. The number of aliphatic hydroxyl groups is 2. The van der Waals surface area contributed by atoms with Gasteiger partial charge in [0.2, 0.25) is 10.0 Å². The molecule has 0 aromatic heterocycles. The second kappa shape index (κ2) is 6.54. The summed E-state index contributed by atoms with van der Waals surface area (Å²) in [6, 6.07) is 5.92. The maximum Gasteiger partial charge on any atom is 0.243 e. The van der Waals surface area contributed by atoms with E-state index in [1.165, 1.54) is 18.2 Å². The molecule has 8 nitrogen and oxygen atoms in total. The summed E-state index contributed by atoms with van der Waals surface area (Å²) < 4.78 is 49.5. The largest absolute Gasteiger partial charge is 0.395 e. The Morgan fingerprint density at radius 3 is 2.57 bits per heavy atom. The Morgan fingerprint density at radius 1 is 1.35 bits per heavy atom. The molecule has 0 bridgehead atoms. The molecule has 1 aliphatic rings. The predicted molar refractivity (Wildman–Crippen MR) is 80.6 cm³/mol. The van der Waals surface area contributed by atoms with Crippen LogP contribution in [0.4, 0.5) is 0 Å². The number of hydrogen-bond acceptors (Lipinski definition) is 7. The second-order valence-corrected chi connectivity index (χ2v) is 9.23. The zero-order valence-electron chi connectivity index (χ0n) is 12.0. The summed E-state index contributed by atoms with van der Waals surface area (Å²) in [6.45, 7) is -0.878. The van der Waals surface area contributed by atoms with E-state index in [1.807, 2.05) is 6.07 Å². The van der Waals surface area contributed by atoms with Crippen LogP contribution in [0.25, 0.3) is 0 Å². The van der Waals surface area contributed by atoms with Crippen LogP contribution in [0.1, 0.15) is 5.56 Å². The Kier molecular flexibility index (Phi) is 5.07. The molecule has 1 aromatic rings. The minimum atomic E-state index is -4.16. The summed E-state index contributed by atoms with van der Waals surface area (Å²) in [5.41, 5.74) is 0.134. The fourth-order valence-electron chi connectivity index (χ4n) is 2.51. The Hall–Kier alpha value is -1.51. The first-order chi connectivity index (χ1) is 10.7. The van der Waals surface area contributed by atoms with Crippen LogP contribution in [0, 0.1) is 11.3 Å². The lowest BCUT2D eigenvalue weighted by Gasteiger charge is -2.28. The predicted octanol–water partition coefficient (Wildman–Crippen LogP) is -1.30. The number of benzene rings is 1. The third kappa shape index (κ3) is 3.70. The maximum atomic E-state index is 12.7. The quantitative estimate of drug-likeness (QED) is 0.666. The van der Waals surface area contributed by atoms with E-state index >= 15 is 0 Å². The van der Waals surface area contributed by atoms with Gasteiger partial charge in [0.15, 0.2) is 9.84 Å². The highest BCUT2D eigenvalue weighted by Gasteiger charge is 2.44. The van der Waals surface area contributed by atoms with Crippen LogP contribution in [0.15, 0.2) is 29.2 Å². The van der Waals surface area contributed by atoms with Crippen molar-refractivity contribution in [3.8, 4) is 6.07 Å². The standard InChI is InChI=1S/C13H16N2O6S2/c14-7-10-2-1-3-11(6-10)23(20,21)15(4-5-16)12-8-22(18,19)9-13(12)17/h1-3,6,12-13,16-17H,4-5,8-9H2/t12-,13-/m0/s1. The molecule has 10 heteroatoms. The summed E-state index contributed by atoms with van der Waals surface area (Å²) in [5.74, 6) is -1.03. The molecule has 0 radical (unpaired) electrons. The van der Waals surface area contributed by atoms with E-state index in [9.17, 15) is 21.9 Å². The van der Waals surface area contributed by atoms with Crippen LogP contribution < -0.4 is 0 Å². The number of nitrogens with zero attached hydrogens (tertiary/aromatic N) is 2. The average Bonchev–Trinajstić information content (AvgIpc) is 2.77. The summed E-state index contributed by atoms with van der Waals surface area (Å²) in [7, 11) is -7.72. The first kappa shape index (κ1) is 17.8. The van der Waals surface area contributed by atoms with Gasteiger partial charge in [-0.15, -0.1) is 0 Å². The monoisotopic (exact) mass is 360 g/mol. The molecule has 1 aliphatic heterocycles. The molecule has 2 N–H and O–H groups in total. The number of aliphatic hydroxyl groups excluding tert-OH is 2. The molecule has 23 heavy (non-hydrogen) atoms. The van der Waals surface area contributed by atoms with Gasteiger partial charge in [0.25, 0.3) is 0 Å². The van der Waals surface area contributed by atoms with Crippen molar-refractivity contribution in [3.63, 3.8) is 0 Å². The van der Waals surface area contributed by atoms with Crippen LogP contribution in [-0.4, -0.2) is 68.2 Å². The molecule has 1 heterocycles. The SMILES string of the molecule is N#Cc1cccc(S(=O)(=O)N(CCO)[C@H]2CS(=O)(=O)C[C@@H]2O)c1. The van der Waals surface area contributed by atoms with Crippen molar-refractivity contribution >= 4 is 19.9 Å². The van der Waals surface area contributed by atoms with Crippen molar-refractivity contribution in [2.45, 2.75) is 17.0 Å². The van der Waals surface area contributed by atoms with Gasteiger partial charge in [-0.1, -0.05) is 6.07 Å². The number of nitriles is 1. The summed E-state index contributed by atoms with van der Waals surface area (Å²) in [5, 5.41) is 27.9. The number of rotatable bonds is 5. The lowest BCUT2D eigenvalue weighted by atomic mass is 10.2. The zero-order chi connectivity index (χ0) is 17.3. The van der Waals surface area contributed by atoms with E-state index in [0.29, 0.717) is 0 Å². The molecule has 1 aromatic carbocycles. The molecule has 0 amide bonds. The molecular weight excluding hydrogens is 344 g/mol. The van der Waals surface area contributed by atoms with Crippen molar-refractivity contribution in [3.05, 3.63) is 29.8 Å².